The minimum atomic E-state index is -0.194. The van der Waals surface area contributed by atoms with Gasteiger partial charge in [0, 0.05) is 25.7 Å². The Bertz CT molecular complexity index is 516. The Kier molecular flexibility index (Phi) is 5.05. The Morgan fingerprint density at radius 1 is 1.55 bits per heavy atom. The fourth-order valence-corrected chi connectivity index (χ4v) is 2.79. The van der Waals surface area contributed by atoms with Crippen LogP contribution >= 0.6 is 11.6 Å². The van der Waals surface area contributed by atoms with Crippen LogP contribution < -0.4 is 16.2 Å². The molecule has 0 aliphatic carbocycles. The van der Waals surface area contributed by atoms with Crippen molar-refractivity contribution in [3.63, 3.8) is 0 Å². The van der Waals surface area contributed by atoms with E-state index in [2.05, 4.69) is 23.8 Å². The largest absolute Gasteiger partial charge is 0.368 e. The molecule has 0 aromatic carbocycles. The van der Waals surface area contributed by atoms with Gasteiger partial charge in [0.15, 0.2) is 0 Å². The van der Waals surface area contributed by atoms with Gasteiger partial charge in [-0.3, -0.25) is 4.79 Å². The predicted molar refractivity (Wildman–Crippen MR) is 82.4 cm³/mol. The topological polar surface area (TPSA) is 64.2 Å². The van der Waals surface area contributed by atoms with Crippen LogP contribution in [0.1, 0.15) is 33.1 Å². The van der Waals surface area contributed by atoms with Gasteiger partial charge in [-0.05, 0) is 18.8 Å². The molecule has 20 heavy (non-hydrogen) atoms. The van der Waals surface area contributed by atoms with Gasteiger partial charge in [-0.15, -0.1) is 0 Å². The van der Waals surface area contributed by atoms with Gasteiger partial charge >= 0.3 is 0 Å². The highest BCUT2D eigenvalue weighted by Crippen LogP contribution is 2.26. The Morgan fingerprint density at radius 2 is 2.30 bits per heavy atom. The Labute approximate surface area is 124 Å². The lowest BCUT2D eigenvalue weighted by Gasteiger charge is -2.36. The van der Waals surface area contributed by atoms with Crippen LogP contribution in [0.15, 0.2) is 11.0 Å². The highest BCUT2D eigenvalue weighted by atomic mass is 35.5. The second-order valence-electron chi connectivity index (χ2n) is 5.60. The maximum Gasteiger partial charge on any atom is 0.287 e. The average Bonchev–Trinajstić information content (AvgIpc) is 2.44. The number of piperidine rings is 1. The van der Waals surface area contributed by atoms with E-state index in [1.807, 2.05) is 0 Å². The summed E-state index contributed by atoms with van der Waals surface area (Å²) in [6.45, 7) is 6.48. The van der Waals surface area contributed by atoms with Crippen LogP contribution in [0.5, 0.6) is 0 Å². The monoisotopic (exact) mass is 298 g/mol. The molecule has 0 saturated carbocycles. The van der Waals surface area contributed by atoms with Crippen LogP contribution in [0.4, 0.5) is 5.69 Å². The van der Waals surface area contributed by atoms with E-state index in [1.165, 1.54) is 4.68 Å². The van der Waals surface area contributed by atoms with Crippen molar-refractivity contribution in [1.29, 1.82) is 0 Å². The normalized spacial score (nSPS) is 23.1. The molecule has 2 unspecified atom stereocenters. The van der Waals surface area contributed by atoms with Crippen LogP contribution in [0, 0.1) is 5.92 Å². The number of halogens is 1. The van der Waals surface area contributed by atoms with E-state index in [4.69, 9.17) is 17.3 Å². The molecule has 1 aliphatic rings. The number of nitrogens with two attached hydrogens (primary N) is 1. The molecule has 1 fully saturated rings. The molecule has 1 aromatic rings. The molecular weight excluding hydrogens is 276 g/mol. The summed E-state index contributed by atoms with van der Waals surface area (Å²) < 4.78 is 1.45. The van der Waals surface area contributed by atoms with Gasteiger partial charge in [-0.2, -0.15) is 5.10 Å². The van der Waals surface area contributed by atoms with Crippen molar-refractivity contribution in [2.75, 3.05) is 18.0 Å². The number of anilines is 1. The first-order chi connectivity index (χ1) is 9.54. The van der Waals surface area contributed by atoms with Crippen LogP contribution in [0.2, 0.25) is 5.02 Å². The zero-order valence-electron chi connectivity index (χ0n) is 12.2. The molecule has 5 nitrogen and oxygen atoms in total. The van der Waals surface area contributed by atoms with E-state index in [0.717, 1.165) is 38.0 Å². The molecule has 1 aliphatic heterocycles. The number of aryl methyl sites for hydroxylation is 1. The molecule has 6 heteroatoms. The van der Waals surface area contributed by atoms with E-state index in [-0.39, 0.29) is 16.6 Å². The first kappa shape index (κ1) is 15.3. The fourth-order valence-electron chi connectivity index (χ4n) is 2.53. The molecule has 2 rings (SSSR count). The van der Waals surface area contributed by atoms with Crippen LogP contribution in [0.3, 0.4) is 0 Å². The van der Waals surface area contributed by atoms with Crippen molar-refractivity contribution < 1.29 is 0 Å². The highest BCUT2D eigenvalue weighted by molar-refractivity contribution is 6.33. The van der Waals surface area contributed by atoms with E-state index in [0.29, 0.717) is 12.5 Å². The van der Waals surface area contributed by atoms with Crippen molar-refractivity contribution >= 4 is 17.3 Å². The zero-order valence-corrected chi connectivity index (χ0v) is 12.9. The Hall–Kier alpha value is -1.07. The van der Waals surface area contributed by atoms with Gasteiger partial charge in [0.2, 0.25) is 0 Å². The molecule has 2 atom stereocenters. The second kappa shape index (κ2) is 6.59. The Balaban J connectivity index is 2.21. The van der Waals surface area contributed by atoms with Crippen molar-refractivity contribution in [3.8, 4) is 0 Å². The summed E-state index contributed by atoms with van der Waals surface area (Å²) in [7, 11) is 0. The van der Waals surface area contributed by atoms with E-state index in [1.54, 1.807) is 6.20 Å². The predicted octanol–water partition coefficient (Wildman–Crippen LogP) is 1.87. The number of hydrogen-bond donors (Lipinski definition) is 1. The molecule has 0 radical (unpaired) electrons. The molecule has 112 valence electrons. The lowest BCUT2D eigenvalue weighted by atomic mass is 9.94. The highest BCUT2D eigenvalue weighted by Gasteiger charge is 2.25. The van der Waals surface area contributed by atoms with Crippen LogP contribution in [0.25, 0.3) is 0 Å². The molecule has 2 N–H and O–H groups in total. The molecule has 0 spiro atoms. The molecule has 2 heterocycles. The third kappa shape index (κ3) is 3.15. The van der Waals surface area contributed by atoms with Gasteiger partial charge in [0.05, 0.1) is 11.9 Å². The van der Waals surface area contributed by atoms with Crippen molar-refractivity contribution in [2.45, 2.75) is 45.7 Å². The summed E-state index contributed by atoms with van der Waals surface area (Å²) in [6, 6.07) is 0.225. The number of unbranched alkanes of at least 4 members (excludes halogenated alkanes) is 1. The van der Waals surface area contributed by atoms with Gasteiger partial charge in [0.25, 0.3) is 5.56 Å². The fraction of sp³-hybridized carbons (Fsp3) is 0.714. The summed E-state index contributed by atoms with van der Waals surface area (Å²) in [5.74, 6) is 0.391. The maximum absolute atomic E-state index is 12.2. The summed E-state index contributed by atoms with van der Waals surface area (Å²) in [6.07, 6.45) is 4.58. The molecule has 1 aromatic heterocycles. The minimum Gasteiger partial charge on any atom is -0.368 e. The van der Waals surface area contributed by atoms with Crippen molar-refractivity contribution in [1.82, 2.24) is 9.78 Å². The quantitative estimate of drug-likeness (QED) is 0.922. The third-order valence-electron chi connectivity index (χ3n) is 4.00. The molecule has 1 saturated heterocycles. The van der Waals surface area contributed by atoms with Crippen molar-refractivity contribution in [3.05, 3.63) is 21.6 Å². The number of rotatable bonds is 4. The van der Waals surface area contributed by atoms with Gasteiger partial charge < -0.3 is 10.6 Å². The molecule has 0 amide bonds. The zero-order chi connectivity index (χ0) is 14.7. The smallest absolute Gasteiger partial charge is 0.287 e. The number of nitrogens with zero attached hydrogens (tertiary/aromatic N) is 3. The summed E-state index contributed by atoms with van der Waals surface area (Å²) in [4.78, 5) is 14.3. The molecule has 0 bridgehead atoms. The second-order valence-corrected chi connectivity index (χ2v) is 5.98. The summed E-state index contributed by atoms with van der Waals surface area (Å²) in [5.41, 5.74) is 6.57. The third-order valence-corrected chi connectivity index (χ3v) is 4.36. The lowest BCUT2D eigenvalue weighted by Crippen LogP contribution is -2.46. The molecular formula is C14H23ClN4O. The maximum atomic E-state index is 12.2. The van der Waals surface area contributed by atoms with Gasteiger partial charge in [0.1, 0.15) is 5.02 Å². The SMILES string of the molecule is CCCCn1ncc(N2CCC(N)C(C)C2)c(Cl)c1=O. The number of aromatic nitrogens is 2. The first-order valence-corrected chi connectivity index (χ1v) is 7.68. The first-order valence-electron chi connectivity index (χ1n) is 7.30. The average molecular weight is 299 g/mol. The summed E-state index contributed by atoms with van der Waals surface area (Å²) >= 11 is 6.25. The van der Waals surface area contributed by atoms with Crippen LogP contribution in [-0.4, -0.2) is 28.9 Å². The van der Waals surface area contributed by atoms with E-state index >= 15 is 0 Å². The Morgan fingerprint density at radius 3 is 2.95 bits per heavy atom. The van der Waals surface area contributed by atoms with Crippen LogP contribution in [-0.2, 0) is 6.54 Å². The lowest BCUT2D eigenvalue weighted by molar-refractivity contribution is 0.382. The number of hydrogen-bond acceptors (Lipinski definition) is 4. The van der Waals surface area contributed by atoms with Gasteiger partial charge in [-0.25, -0.2) is 4.68 Å². The van der Waals surface area contributed by atoms with Gasteiger partial charge in [-0.1, -0.05) is 31.9 Å². The minimum absolute atomic E-state index is 0.194. The van der Waals surface area contributed by atoms with Crippen molar-refractivity contribution in [2.24, 2.45) is 11.7 Å². The van der Waals surface area contributed by atoms with E-state index in [9.17, 15) is 4.79 Å². The van der Waals surface area contributed by atoms with E-state index < -0.39 is 0 Å². The summed E-state index contributed by atoms with van der Waals surface area (Å²) in [5, 5.41) is 4.52. The standard InChI is InChI=1S/C14H23ClN4O/c1-3-4-6-19-14(20)13(15)12(8-17-19)18-7-5-11(16)10(2)9-18/h8,10-11H,3-7,9,16H2,1-2H3.